The monoisotopic (exact) mass is 374 g/mol. The molecule has 5 nitrogen and oxygen atoms in total. The van der Waals surface area contributed by atoms with Crippen LogP contribution in [0.4, 0.5) is 4.79 Å². The summed E-state index contributed by atoms with van der Waals surface area (Å²) in [6.45, 7) is 8.60. The lowest BCUT2D eigenvalue weighted by Crippen LogP contribution is -2.46. The summed E-state index contributed by atoms with van der Waals surface area (Å²) >= 11 is 0. The van der Waals surface area contributed by atoms with Crippen molar-refractivity contribution in [3.63, 3.8) is 0 Å². The van der Waals surface area contributed by atoms with Gasteiger partial charge in [0.15, 0.2) is 0 Å². The van der Waals surface area contributed by atoms with Crippen LogP contribution in [0.15, 0.2) is 24.3 Å². The van der Waals surface area contributed by atoms with Crippen molar-refractivity contribution in [3.8, 4) is 0 Å². The Morgan fingerprint density at radius 2 is 1.74 bits per heavy atom. The highest BCUT2D eigenvalue weighted by atomic mass is 16.6. The molecule has 150 valence electrons. The minimum Gasteiger partial charge on any atom is -0.444 e. The van der Waals surface area contributed by atoms with Crippen molar-refractivity contribution in [1.82, 2.24) is 10.6 Å². The molecule has 0 atom stereocenters. The van der Waals surface area contributed by atoms with E-state index in [9.17, 15) is 9.59 Å². The fourth-order valence-electron chi connectivity index (χ4n) is 3.71. The average molecular weight is 375 g/mol. The molecule has 5 heteroatoms. The van der Waals surface area contributed by atoms with Crippen molar-refractivity contribution in [2.75, 3.05) is 13.1 Å². The second-order valence-electron chi connectivity index (χ2n) is 8.55. The van der Waals surface area contributed by atoms with Crippen LogP contribution in [0, 0.1) is 6.92 Å². The maximum atomic E-state index is 13.1. The van der Waals surface area contributed by atoms with E-state index in [1.54, 1.807) is 0 Å². The number of hydrogen-bond acceptors (Lipinski definition) is 3. The predicted molar refractivity (Wildman–Crippen MR) is 108 cm³/mol. The number of amides is 2. The molecule has 1 aromatic rings. The normalized spacial score (nSPS) is 16.4. The zero-order valence-corrected chi connectivity index (χ0v) is 17.2. The summed E-state index contributed by atoms with van der Waals surface area (Å²) in [5.74, 6) is 0.116. The molecular formula is C22H34N2O3. The van der Waals surface area contributed by atoms with Crippen LogP contribution in [0.5, 0.6) is 0 Å². The topological polar surface area (TPSA) is 67.4 Å². The summed E-state index contributed by atoms with van der Waals surface area (Å²) < 4.78 is 5.21. The molecule has 0 bridgehead atoms. The predicted octanol–water partition coefficient (Wildman–Crippen LogP) is 4.23. The largest absolute Gasteiger partial charge is 0.444 e. The van der Waals surface area contributed by atoms with Crippen LogP contribution in [0.2, 0.25) is 0 Å². The van der Waals surface area contributed by atoms with E-state index in [1.165, 1.54) is 12.0 Å². The number of hydrogen-bond donors (Lipinski definition) is 2. The highest BCUT2D eigenvalue weighted by Gasteiger charge is 2.40. The molecule has 2 rings (SSSR count). The fraction of sp³-hybridized carbons (Fsp3) is 0.636. The summed E-state index contributed by atoms with van der Waals surface area (Å²) in [4.78, 5) is 24.7. The molecule has 0 spiro atoms. The molecule has 1 aliphatic carbocycles. The maximum absolute atomic E-state index is 13.1. The van der Waals surface area contributed by atoms with E-state index in [-0.39, 0.29) is 5.91 Å². The highest BCUT2D eigenvalue weighted by molar-refractivity contribution is 5.88. The van der Waals surface area contributed by atoms with Gasteiger partial charge in [0.25, 0.3) is 0 Å². The van der Waals surface area contributed by atoms with Gasteiger partial charge in [0.1, 0.15) is 5.60 Å². The van der Waals surface area contributed by atoms with Gasteiger partial charge in [-0.25, -0.2) is 4.79 Å². The molecule has 0 heterocycles. The van der Waals surface area contributed by atoms with Gasteiger partial charge in [0, 0.05) is 13.1 Å². The van der Waals surface area contributed by atoms with Gasteiger partial charge in [-0.3, -0.25) is 4.79 Å². The summed E-state index contributed by atoms with van der Waals surface area (Å²) in [5, 5.41) is 5.83. The van der Waals surface area contributed by atoms with E-state index in [0.717, 1.165) is 31.2 Å². The summed E-state index contributed by atoms with van der Waals surface area (Å²) in [7, 11) is 0. The summed E-state index contributed by atoms with van der Waals surface area (Å²) in [6.07, 6.45) is 5.42. The van der Waals surface area contributed by atoms with Gasteiger partial charge >= 0.3 is 6.09 Å². The lowest BCUT2D eigenvalue weighted by Gasteiger charge is -2.36. The molecule has 27 heavy (non-hydrogen) atoms. The van der Waals surface area contributed by atoms with Crippen LogP contribution in [0.3, 0.4) is 0 Å². The molecule has 2 amide bonds. The van der Waals surface area contributed by atoms with Crippen molar-refractivity contribution < 1.29 is 14.3 Å². The Labute approximate surface area is 163 Å². The van der Waals surface area contributed by atoms with Gasteiger partial charge in [-0.15, -0.1) is 0 Å². The zero-order chi connectivity index (χ0) is 19.9. The van der Waals surface area contributed by atoms with Gasteiger partial charge in [-0.1, -0.05) is 49.1 Å². The number of ether oxygens (including phenoxy) is 1. The Morgan fingerprint density at radius 3 is 2.37 bits per heavy atom. The Hall–Kier alpha value is -2.04. The number of alkyl carbamates (subject to hydrolysis) is 1. The maximum Gasteiger partial charge on any atom is 0.407 e. The number of rotatable bonds is 6. The van der Waals surface area contributed by atoms with E-state index in [4.69, 9.17) is 4.74 Å². The first-order valence-electron chi connectivity index (χ1n) is 10.1. The van der Waals surface area contributed by atoms with Crippen LogP contribution >= 0.6 is 0 Å². The summed E-state index contributed by atoms with van der Waals surface area (Å²) in [5.41, 5.74) is 1.40. The number of benzene rings is 1. The molecular weight excluding hydrogens is 340 g/mol. The van der Waals surface area contributed by atoms with Crippen molar-refractivity contribution in [1.29, 1.82) is 0 Å². The van der Waals surface area contributed by atoms with Gasteiger partial charge in [-0.2, -0.15) is 0 Å². The minimum atomic E-state index is -0.501. The number of nitrogens with one attached hydrogen (secondary N) is 2. The Bertz CT molecular complexity index is 643. The third-order valence-corrected chi connectivity index (χ3v) is 5.02. The molecule has 1 aliphatic rings. The lowest BCUT2D eigenvalue weighted by atomic mass is 9.68. The van der Waals surface area contributed by atoms with Crippen LogP contribution in [0.1, 0.15) is 70.4 Å². The van der Waals surface area contributed by atoms with E-state index in [2.05, 4.69) is 35.8 Å². The number of aryl methyl sites for hydroxylation is 1. The second kappa shape index (κ2) is 9.25. The molecule has 1 aromatic carbocycles. The molecule has 0 unspecified atom stereocenters. The lowest BCUT2D eigenvalue weighted by molar-refractivity contribution is -0.128. The first-order chi connectivity index (χ1) is 12.7. The molecule has 0 radical (unpaired) electrons. The molecule has 1 saturated carbocycles. The smallest absolute Gasteiger partial charge is 0.407 e. The third-order valence-electron chi connectivity index (χ3n) is 5.02. The van der Waals surface area contributed by atoms with Crippen molar-refractivity contribution in [2.24, 2.45) is 0 Å². The molecule has 0 aromatic heterocycles. The van der Waals surface area contributed by atoms with Gasteiger partial charge < -0.3 is 15.4 Å². The number of carbonyl (C=O) groups is 2. The standard InChI is InChI=1S/C22H34N2O3/c1-17-10-8-11-18(16-17)22(12-6-5-7-13-22)19(25)23-14-9-15-24-20(26)27-21(2,3)4/h8,10-11,16H,5-7,9,12-15H2,1-4H3,(H,23,25)(H,24,26). The fourth-order valence-corrected chi connectivity index (χ4v) is 3.71. The second-order valence-corrected chi connectivity index (χ2v) is 8.55. The molecule has 0 saturated heterocycles. The Balaban J connectivity index is 1.87. The molecule has 0 aliphatic heterocycles. The number of carbonyl (C=O) groups excluding carboxylic acids is 2. The minimum absolute atomic E-state index is 0.116. The van der Waals surface area contributed by atoms with Gasteiger partial charge in [-0.05, 0) is 52.5 Å². The van der Waals surface area contributed by atoms with Crippen LogP contribution in [0.25, 0.3) is 0 Å². The van der Waals surface area contributed by atoms with Crippen LogP contribution < -0.4 is 10.6 Å². The van der Waals surface area contributed by atoms with E-state index >= 15 is 0 Å². The highest BCUT2D eigenvalue weighted by Crippen LogP contribution is 2.40. The van der Waals surface area contributed by atoms with E-state index in [0.29, 0.717) is 19.5 Å². The molecule has 1 fully saturated rings. The van der Waals surface area contributed by atoms with E-state index in [1.807, 2.05) is 26.8 Å². The Kier molecular flexibility index (Phi) is 7.28. The Morgan fingerprint density at radius 1 is 1.07 bits per heavy atom. The van der Waals surface area contributed by atoms with Gasteiger partial charge in [0.05, 0.1) is 5.41 Å². The van der Waals surface area contributed by atoms with Crippen LogP contribution in [-0.2, 0) is 14.9 Å². The van der Waals surface area contributed by atoms with E-state index < -0.39 is 17.1 Å². The third kappa shape index (κ3) is 6.26. The van der Waals surface area contributed by atoms with Crippen LogP contribution in [-0.4, -0.2) is 30.7 Å². The van der Waals surface area contributed by atoms with Crippen molar-refractivity contribution >= 4 is 12.0 Å². The quantitative estimate of drug-likeness (QED) is 0.732. The first kappa shape index (κ1) is 21.3. The zero-order valence-electron chi connectivity index (χ0n) is 17.2. The van der Waals surface area contributed by atoms with Crippen molar-refractivity contribution in [3.05, 3.63) is 35.4 Å². The SMILES string of the molecule is Cc1cccc(C2(C(=O)NCCCNC(=O)OC(C)(C)C)CCCCC2)c1. The summed E-state index contributed by atoms with van der Waals surface area (Å²) in [6, 6.07) is 8.34. The van der Waals surface area contributed by atoms with Crippen molar-refractivity contribution in [2.45, 2.75) is 77.2 Å². The average Bonchev–Trinajstić information content (AvgIpc) is 2.60. The first-order valence-corrected chi connectivity index (χ1v) is 10.1. The molecule has 2 N–H and O–H groups in total. The van der Waals surface area contributed by atoms with Gasteiger partial charge in [0.2, 0.25) is 5.91 Å².